The van der Waals surface area contributed by atoms with Crippen molar-refractivity contribution in [2.75, 3.05) is 31.1 Å². The molecule has 0 bridgehead atoms. The van der Waals surface area contributed by atoms with Crippen LogP contribution in [-0.4, -0.2) is 46.6 Å². The maximum absolute atomic E-state index is 14.0. The van der Waals surface area contributed by atoms with Crippen LogP contribution in [0.25, 0.3) is 10.4 Å². The molecule has 0 spiro atoms. The predicted molar refractivity (Wildman–Crippen MR) is 99.9 cm³/mol. The molecule has 1 amide bonds. The molecule has 1 saturated heterocycles. The monoisotopic (exact) mass is 368 g/mol. The summed E-state index contributed by atoms with van der Waals surface area (Å²) < 4.78 is 17.9. The van der Waals surface area contributed by atoms with Crippen molar-refractivity contribution in [2.24, 2.45) is 0 Å². The van der Waals surface area contributed by atoms with Gasteiger partial charge in [-0.05, 0) is 29.2 Å². The first kappa shape index (κ1) is 16.7. The minimum atomic E-state index is -0.234. The van der Waals surface area contributed by atoms with Gasteiger partial charge in [0.05, 0.1) is 10.6 Å². The van der Waals surface area contributed by atoms with Crippen LogP contribution in [0.1, 0.15) is 10.5 Å². The summed E-state index contributed by atoms with van der Waals surface area (Å²) in [6.07, 6.45) is 0. The number of para-hydroxylation sites is 1. The summed E-state index contributed by atoms with van der Waals surface area (Å²) in [5, 5.41) is 4.06. The Kier molecular flexibility index (Phi) is 4.62. The number of carbonyl (C=O) groups is 1. The van der Waals surface area contributed by atoms with Crippen molar-refractivity contribution in [3.63, 3.8) is 0 Å². The molecule has 26 heavy (non-hydrogen) atoms. The van der Waals surface area contributed by atoms with Gasteiger partial charge in [-0.25, -0.2) is 4.39 Å². The Balaban J connectivity index is 1.48. The van der Waals surface area contributed by atoms with E-state index in [1.165, 1.54) is 17.6 Å². The smallest absolute Gasteiger partial charge is 0.276 e. The first-order valence-electron chi connectivity index (χ1n) is 8.40. The van der Waals surface area contributed by atoms with Crippen molar-refractivity contribution in [1.82, 2.24) is 14.5 Å². The molecule has 0 atom stereocenters. The van der Waals surface area contributed by atoms with Gasteiger partial charge in [0.15, 0.2) is 5.69 Å². The van der Waals surface area contributed by atoms with Crippen LogP contribution in [0.5, 0.6) is 0 Å². The van der Waals surface area contributed by atoms with E-state index in [0.717, 1.165) is 10.4 Å². The van der Waals surface area contributed by atoms with Crippen LogP contribution in [0.3, 0.4) is 0 Å². The fourth-order valence-corrected chi connectivity index (χ4v) is 3.78. The molecule has 1 fully saturated rings. The molecular formula is C19H17FN4OS. The Bertz CT molecular complexity index is 907. The standard InChI is InChI=1S/C19H17FN4OS/c20-15-8-4-5-9-16(15)23-10-12-24(13-11-23)19(25)17-18(26-22-21-17)14-6-2-1-3-7-14/h1-9H,10-13H2. The Morgan fingerprint density at radius 1 is 0.962 bits per heavy atom. The molecule has 0 unspecified atom stereocenters. The summed E-state index contributed by atoms with van der Waals surface area (Å²) in [7, 11) is 0. The van der Waals surface area contributed by atoms with Crippen molar-refractivity contribution in [1.29, 1.82) is 0 Å². The molecule has 1 aromatic heterocycles. The molecule has 0 saturated carbocycles. The number of piperazine rings is 1. The van der Waals surface area contributed by atoms with Gasteiger partial charge in [0.1, 0.15) is 5.82 Å². The second kappa shape index (κ2) is 7.21. The summed E-state index contributed by atoms with van der Waals surface area (Å²) >= 11 is 1.23. The van der Waals surface area contributed by atoms with Gasteiger partial charge in [-0.2, -0.15) is 0 Å². The minimum Gasteiger partial charge on any atom is -0.366 e. The van der Waals surface area contributed by atoms with Crippen molar-refractivity contribution < 1.29 is 9.18 Å². The van der Waals surface area contributed by atoms with Crippen molar-refractivity contribution in [2.45, 2.75) is 0 Å². The summed E-state index contributed by atoms with van der Waals surface area (Å²) in [4.78, 5) is 17.4. The van der Waals surface area contributed by atoms with Gasteiger partial charge in [0, 0.05) is 26.2 Å². The predicted octanol–water partition coefficient (Wildman–Crippen LogP) is 3.31. The van der Waals surface area contributed by atoms with Crippen molar-refractivity contribution in [3.8, 4) is 10.4 Å². The van der Waals surface area contributed by atoms with Crippen LogP contribution in [0.2, 0.25) is 0 Å². The lowest BCUT2D eigenvalue weighted by molar-refractivity contribution is 0.0741. The quantitative estimate of drug-likeness (QED) is 0.712. The fraction of sp³-hybridized carbons (Fsp3) is 0.211. The maximum Gasteiger partial charge on any atom is 0.276 e. The van der Waals surface area contributed by atoms with Crippen LogP contribution in [0.15, 0.2) is 54.6 Å². The SMILES string of the molecule is O=C(c1nnsc1-c1ccccc1)N1CCN(c2ccccc2F)CC1. The third-order valence-corrected chi connectivity index (χ3v) is 5.26. The average molecular weight is 368 g/mol. The number of benzene rings is 2. The summed E-state index contributed by atoms with van der Waals surface area (Å²) in [5.74, 6) is -0.354. The molecule has 0 N–H and O–H groups in total. The third kappa shape index (κ3) is 3.17. The first-order valence-corrected chi connectivity index (χ1v) is 9.18. The molecule has 1 aliphatic rings. The van der Waals surface area contributed by atoms with Gasteiger partial charge in [0.25, 0.3) is 5.91 Å². The summed E-state index contributed by atoms with van der Waals surface area (Å²) in [5.41, 5.74) is 1.91. The second-order valence-corrected chi connectivity index (χ2v) is 6.80. The number of hydrogen-bond acceptors (Lipinski definition) is 5. The molecule has 2 heterocycles. The van der Waals surface area contributed by atoms with Crippen LogP contribution in [0.4, 0.5) is 10.1 Å². The zero-order chi connectivity index (χ0) is 17.9. The topological polar surface area (TPSA) is 49.3 Å². The molecular weight excluding hydrogens is 351 g/mol. The van der Waals surface area contributed by atoms with E-state index in [9.17, 15) is 9.18 Å². The number of halogens is 1. The summed E-state index contributed by atoms with van der Waals surface area (Å²) in [6.45, 7) is 2.23. The number of hydrogen-bond donors (Lipinski definition) is 0. The van der Waals surface area contributed by atoms with Crippen LogP contribution in [-0.2, 0) is 0 Å². The Hall–Kier alpha value is -2.80. The third-order valence-electron chi connectivity index (χ3n) is 4.49. The molecule has 4 rings (SSSR count). The zero-order valence-electron chi connectivity index (χ0n) is 14.0. The molecule has 132 valence electrons. The lowest BCUT2D eigenvalue weighted by Crippen LogP contribution is -2.49. The second-order valence-electron chi connectivity index (χ2n) is 6.05. The largest absolute Gasteiger partial charge is 0.366 e. The molecule has 1 aliphatic heterocycles. The van der Waals surface area contributed by atoms with E-state index in [4.69, 9.17) is 0 Å². The highest BCUT2D eigenvalue weighted by atomic mass is 32.1. The zero-order valence-corrected chi connectivity index (χ0v) is 14.8. The molecule has 7 heteroatoms. The lowest BCUT2D eigenvalue weighted by Gasteiger charge is -2.36. The number of anilines is 1. The van der Waals surface area contributed by atoms with Crippen molar-refractivity contribution in [3.05, 3.63) is 66.1 Å². The highest BCUT2D eigenvalue weighted by Gasteiger charge is 2.27. The fourth-order valence-electron chi connectivity index (χ4n) is 3.12. The van der Waals surface area contributed by atoms with Gasteiger partial charge in [-0.15, -0.1) is 5.10 Å². The molecule has 0 radical (unpaired) electrons. The van der Waals surface area contributed by atoms with Crippen LogP contribution >= 0.6 is 11.5 Å². The Morgan fingerprint density at radius 2 is 1.65 bits per heavy atom. The molecule has 5 nitrogen and oxygen atoms in total. The Morgan fingerprint density at radius 3 is 2.38 bits per heavy atom. The normalized spacial score (nSPS) is 14.5. The van der Waals surface area contributed by atoms with Crippen LogP contribution < -0.4 is 4.90 Å². The van der Waals surface area contributed by atoms with E-state index >= 15 is 0 Å². The summed E-state index contributed by atoms with van der Waals surface area (Å²) in [6, 6.07) is 16.4. The van der Waals surface area contributed by atoms with E-state index in [1.54, 1.807) is 17.0 Å². The molecule has 0 aliphatic carbocycles. The first-order chi connectivity index (χ1) is 12.7. The number of nitrogens with zero attached hydrogens (tertiary/aromatic N) is 4. The average Bonchev–Trinajstić information content (AvgIpc) is 3.18. The number of carbonyl (C=O) groups excluding carboxylic acids is 1. The number of rotatable bonds is 3. The lowest BCUT2D eigenvalue weighted by atomic mass is 10.1. The van der Waals surface area contributed by atoms with E-state index < -0.39 is 0 Å². The van der Waals surface area contributed by atoms with Gasteiger partial charge in [-0.3, -0.25) is 4.79 Å². The van der Waals surface area contributed by atoms with Gasteiger partial charge in [-0.1, -0.05) is 47.0 Å². The number of amides is 1. The van der Waals surface area contributed by atoms with Gasteiger partial charge in [0.2, 0.25) is 0 Å². The molecule has 3 aromatic rings. The maximum atomic E-state index is 14.0. The highest BCUT2D eigenvalue weighted by Crippen LogP contribution is 2.27. The highest BCUT2D eigenvalue weighted by molar-refractivity contribution is 7.09. The van der Waals surface area contributed by atoms with Crippen LogP contribution in [0, 0.1) is 5.82 Å². The molecule has 2 aromatic carbocycles. The van der Waals surface area contributed by atoms with Crippen molar-refractivity contribution >= 4 is 23.1 Å². The van der Waals surface area contributed by atoms with E-state index in [2.05, 4.69) is 9.59 Å². The van der Waals surface area contributed by atoms with E-state index in [1.807, 2.05) is 41.3 Å². The van der Waals surface area contributed by atoms with Gasteiger partial charge < -0.3 is 9.80 Å². The Labute approximate surface area is 154 Å². The number of aromatic nitrogens is 2. The van der Waals surface area contributed by atoms with E-state index in [-0.39, 0.29) is 11.7 Å². The minimum absolute atomic E-state index is 0.120. The van der Waals surface area contributed by atoms with Gasteiger partial charge >= 0.3 is 0 Å². The van der Waals surface area contributed by atoms with E-state index in [0.29, 0.717) is 37.6 Å².